The number of hydrogen-bond acceptors (Lipinski definition) is 0. The number of benzene rings is 2. The summed E-state index contributed by atoms with van der Waals surface area (Å²) in [6, 6.07) is 15.4. The van der Waals surface area contributed by atoms with Gasteiger partial charge in [0, 0.05) is 0 Å². The van der Waals surface area contributed by atoms with Gasteiger partial charge in [0.2, 0.25) is 0 Å². The quantitative estimate of drug-likeness (QED) is 0.579. The molecule has 0 heterocycles. The summed E-state index contributed by atoms with van der Waals surface area (Å²) in [7, 11) is 0. The molecule has 0 radical (unpaired) electrons. The minimum atomic E-state index is 1.12. The van der Waals surface area contributed by atoms with E-state index in [1.165, 1.54) is 50.2 Å². The fourth-order valence-corrected chi connectivity index (χ4v) is 3.15. The van der Waals surface area contributed by atoms with Crippen molar-refractivity contribution in [1.29, 1.82) is 0 Å². The Bertz CT molecular complexity index is 500. The van der Waals surface area contributed by atoms with Gasteiger partial charge in [-0.05, 0) is 0 Å². The van der Waals surface area contributed by atoms with E-state index in [4.69, 9.17) is 0 Å². The number of rotatable bonds is 0. The molecule has 2 aromatic carbocycles. The molecule has 0 aliphatic heterocycles. The van der Waals surface area contributed by atoms with Crippen LogP contribution in [0.2, 0.25) is 0 Å². The number of fused-ring (bicyclic) bond motifs is 3. The van der Waals surface area contributed by atoms with Crippen LogP contribution < -0.4 is 3.27 Å². The first-order valence-electron chi connectivity index (χ1n) is 4.78. The molecule has 0 saturated carbocycles. The predicted molar refractivity (Wildman–Crippen MR) is 54.3 cm³/mol. The van der Waals surface area contributed by atoms with Gasteiger partial charge >= 0.3 is 99.1 Å². The van der Waals surface area contributed by atoms with Crippen LogP contribution in [0.25, 0.3) is 11.1 Å². The van der Waals surface area contributed by atoms with Gasteiger partial charge in [-0.1, -0.05) is 0 Å². The molecule has 0 bridgehead atoms. The molecule has 0 spiro atoms. The molecular weight excluding hydrogens is 247 g/mol. The van der Waals surface area contributed by atoms with Gasteiger partial charge in [-0.3, -0.25) is 0 Å². The maximum absolute atomic E-state index is 2.25. The van der Waals surface area contributed by atoms with Gasteiger partial charge in [0.15, 0.2) is 0 Å². The third-order valence-electron chi connectivity index (χ3n) is 2.82. The van der Waals surface area contributed by atoms with E-state index in [9.17, 15) is 0 Å². The maximum atomic E-state index is 2.25. The zero-order valence-electron chi connectivity index (χ0n) is 7.75. The predicted octanol–water partition coefficient (Wildman–Crippen LogP) is 2.43. The molecule has 0 nitrogen and oxygen atoms in total. The van der Waals surface area contributed by atoms with Gasteiger partial charge in [0.25, 0.3) is 0 Å². The Morgan fingerprint density at radius 1 is 0.857 bits per heavy atom. The van der Waals surface area contributed by atoms with Crippen LogP contribution in [-0.4, -0.2) is 0 Å². The molecule has 1 aliphatic rings. The summed E-state index contributed by atoms with van der Waals surface area (Å²) in [4.78, 5) is 0. The van der Waals surface area contributed by atoms with E-state index in [-0.39, 0.29) is 0 Å². The van der Waals surface area contributed by atoms with Crippen molar-refractivity contribution in [3.8, 4) is 11.1 Å². The van der Waals surface area contributed by atoms with E-state index >= 15 is 0 Å². The van der Waals surface area contributed by atoms with Crippen molar-refractivity contribution in [3.05, 3.63) is 53.6 Å². The van der Waals surface area contributed by atoms with Crippen LogP contribution in [0.5, 0.6) is 0 Å². The molecule has 1 aliphatic carbocycles. The van der Waals surface area contributed by atoms with Crippen molar-refractivity contribution < 1.29 is 24.7 Å². The monoisotopic (exact) mass is 255 g/mol. The fraction of sp³-hybridized carbons (Fsp3) is 0.0769. The van der Waals surface area contributed by atoms with Crippen molar-refractivity contribution in [2.24, 2.45) is 0 Å². The van der Waals surface area contributed by atoms with Crippen LogP contribution in [0, 0.1) is 0 Å². The first kappa shape index (κ1) is 8.62. The first-order chi connectivity index (χ1) is 6.86. The zero-order chi connectivity index (χ0) is 9.54. The number of hydrogen-bond donors (Lipinski definition) is 0. The molecule has 65 valence electrons. The molecule has 14 heavy (non-hydrogen) atoms. The Balaban J connectivity index is 2.35. The summed E-state index contributed by atoms with van der Waals surface area (Å²) >= 11 is 1.51. The van der Waals surface area contributed by atoms with Gasteiger partial charge in [0.05, 0.1) is 0 Å². The second kappa shape index (κ2) is 3.17. The fourth-order valence-electron chi connectivity index (χ4n) is 2.19. The Morgan fingerprint density at radius 2 is 1.64 bits per heavy atom. The third-order valence-corrected chi connectivity index (χ3v) is 3.84. The molecule has 3 rings (SSSR count). The van der Waals surface area contributed by atoms with Gasteiger partial charge < -0.3 is 0 Å². The standard InChI is InChI=1S/C13H9.Zr/c1-3-7-12-10(5-1)9-11-6-2-4-8-13(11)12;/h1-7H,9H2;. The van der Waals surface area contributed by atoms with Crippen LogP contribution in [0.3, 0.4) is 0 Å². The van der Waals surface area contributed by atoms with Gasteiger partial charge in [0.1, 0.15) is 0 Å². The molecule has 1 heteroatoms. The van der Waals surface area contributed by atoms with Crippen molar-refractivity contribution in [2.75, 3.05) is 0 Å². The molecule has 0 fully saturated rings. The SMILES string of the molecule is [Zr][c]1cccc2c1-c1ccccc1C2. The summed E-state index contributed by atoms with van der Waals surface area (Å²) < 4.78 is 1.49. The molecular formula is C13H9Zr. The van der Waals surface area contributed by atoms with Crippen LogP contribution in [0.15, 0.2) is 42.5 Å². The Labute approximate surface area is 98.8 Å². The van der Waals surface area contributed by atoms with E-state index in [0.29, 0.717) is 0 Å². The van der Waals surface area contributed by atoms with E-state index in [2.05, 4.69) is 42.5 Å². The Hall–Kier alpha value is -0.677. The average Bonchev–Trinajstić information content (AvgIpc) is 2.57. The van der Waals surface area contributed by atoms with E-state index in [1.807, 2.05) is 0 Å². The van der Waals surface area contributed by atoms with Crippen LogP contribution in [-0.2, 0) is 31.1 Å². The van der Waals surface area contributed by atoms with Gasteiger partial charge in [-0.15, -0.1) is 0 Å². The van der Waals surface area contributed by atoms with E-state index in [0.717, 1.165) is 6.42 Å². The summed E-state index contributed by atoms with van der Waals surface area (Å²) in [5, 5.41) is 0. The minimum absolute atomic E-state index is 1.12. The van der Waals surface area contributed by atoms with Crippen molar-refractivity contribution >= 4 is 3.27 Å². The van der Waals surface area contributed by atoms with Crippen LogP contribution in [0.1, 0.15) is 11.1 Å². The summed E-state index contributed by atoms with van der Waals surface area (Å²) in [6.45, 7) is 0. The van der Waals surface area contributed by atoms with E-state index < -0.39 is 0 Å². The van der Waals surface area contributed by atoms with Crippen molar-refractivity contribution in [1.82, 2.24) is 0 Å². The summed E-state index contributed by atoms with van der Waals surface area (Å²) in [5.74, 6) is 0. The van der Waals surface area contributed by atoms with Crippen LogP contribution in [0.4, 0.5) is 0 Å². The van der Waals surface area contributed by atoms with Crippen molar-refractivity contribution in [3.63, 3.8) is 0 Å². The summed E-state index contributed by atoms with van der Waals surface area (Å²) in [5.41, 5.74) is 5.94. The van der Waals surface area contributed by atoms with Crippen LogP contribution >= 0.6 is 0 Å². The normalized spacial score (nSPS) is 12.2. The molecule has 0 atom stereocenters. The summed E-state index contributed by atoms with van der Waals surface area (Å²) in [6.07, 6.45) is 1.12. The Kier molecular flexibility index (Phi) is 1.95. The second-order valence-corrected chi connectivity index (χ2v) is 5.00. The molecule has 0 amide bonds. The average molecular weight is 256 g/mol. The third kappa shape index (κ3) is 1.15. The zero-order valence-corrected chi connectivity index (χ0v) is 10.2. The Morgan fingerprint density at radius 3 is 2.57 bits per heavy atom. The molecule has 0 unspecified atom stereocenters. The van der Waals surface area contributed by atoms with Crippen molar-refractivity contribution in [2.45, 2.75) is 6.42 Å². The topological polar surface area (TPSA) is 0 Å². The molecule has 0 aromatic heterocycles. The van der Waals surface area contributed by atoms with Gasteiger partial charge in [-0.25, -0.2) is 0 Å². The molecule has 2 aromatic rings. The second-order valence-electron chi connectivity index (χ2n) is 3.67. The van der Waals surface area contributed by atoms with Gasteiger partial charge in [-0.2, -0.15) is 0 Å². The molecule has 0 N–H and O–H groups in total. The first-order valence-corrected chi connectivity index (χ1v) is 6.01. The molecule has 0 saturated heterocycles. The van der Waals surface area contributed by atoms with E-state index in [1.54, 1.807) is 0 Å².